The highest BCUT2D eigenvalue weighted by Crippen LogP contribution is 2.32. The third kappa shape index (κ3) is 4.82. The van der Waals surface area contributed by atoms with Crippen molar-refractivity contribution in [3.8, 4) is 22.8 Å². The minimum atomic E-state index is -3.97. The zero-order valence-electron chi connectivity index (χ0n) is 20.7. The van der Waals surface area contributed by atoms with Crippen molar-refractivity contribution in [1.29, 1.82) is 0 Å². The number of rotatable bonds is 1. The van der Waals surface area contributed by atoms with Crippen LogP contribution in [-0.2, 0) is 10.0 Å². The molecule has 0 radical (unpaired) electrons. The largest absolute Gasteiger partial charge is 0.480 e. The number of methoxy groups -OCH3 is 1. The molecule has 3 aromatic heterocycles. The lowest BCUT2D eigenvalue weighted by atomic mass is 10.0. The molecule has 11 nitrogen and oxygen atoms in total. The predicted molar refractivity (Wildman–Crippen MR) is 143 cm³/mol. The Morgan fingerprint density at radius 2 is 1.97 bits per heavy atom. The summed E-state index contributed by atoms with van der Waals surface area (Å²) in [4.78, 5) is 16.9. The number of benzene rings is 1. The number of nitrogens with one attached hydrogen (secondary N) is 3. The number of nitrogens with zero attached hydrogens (tertiary/aromatic N) is 4. The molecule has 38 heavy (non-hydrogen) atoms. The number of aromatic nitrogens is 3. The molecule has 12 heteroatoms. The second-order valence-corrected chi connectivity index (χ2v) is 10.7. The summed E-state index contributed by atoms with van der Waals surface area (Å²) in [6.45, 7) is 3.23. The lowest BCUT2D eigenvalue weighted by molar-refractivity contribution is 0.142. The van der Waals surface area contributed by atoms with Gasteiger partial charge in [0.15, 0.2) is 0 Å². The van der Waals surface area contributed by atoms with Gasteiger partial charge in [0.25, 0.3) is 10.0 Å². The van der Waals surface area contributed by atoms with Crippen LogP contribution in [0.4, 0.5) is 5.69 Å². The van der Waals surface area contributed by atoms with Crippen LogP contribution in [0.5, 0.6) is 11.6 Å². The topological polar surface area (TPSA) is 122 Å². The third-order valence-corrected chi connectivity index (χ3v) is 8.02. The summed E-state index contributed by atoms with van der Waals surface area (Å²) in [5.74, 6) is 0.509. The summed E-state index contributed by atoms with van der Waals surface area (Å²) in [5, 5.41) is 0. The molecule has 3 aliphatic heterocycles. The Bertz CT molecular complexity index is 1630. The van der Waals surface area contributed by atoms with Gasteiger partial charge in [-0.15, -0.1) is 0 Å². The number of hydrazine groups is 1. The second kappa shape index (κ2) is 10.1. The van der Waals surface area contributed by atoms with E-state index < -0.39 is 10.0 Å². The van der Waals surface area contributed by atoms with Crippen molar-refractivity contribution < 1.29 is 18.0 Å². The maximum Gasteiger partial charge on any atom is 0.262 e. The molecule has 1 unspecified atom stereocenters. The van der Waals surface area contributed by atoms with Gasteiger partial charge < -0.3 is 9.57 Å². The van der Waals surface area contributed by atoms with Crippen LogP contribution >= 0.6 is 0 Å². The molecule has 0 spiro atoms. The SMILES string of the molecule is COc1ncc2cc1NS(=O)(=O)c1cccc(c1)ONNCCN1CC=C(CC1)c1cnc3ccc-2cn13. The number of fused-ring (bicyclic) bond motifs is 7. The van der Waals surface area contributed by atoms with E-state index in [1.165, 1.54) is 24.8 Å². The van der Waals surface area contributed by atoms with Gasteiger partial charge in [0.1, 0.15) is 17.1 Å². The molecule has 1 atom stereocenters. The van der Waals surface area contributed by atoms with Crippen LogP contribution in [0.1, 0.15) is 12.1 Å². The smallest absolute Gasteiger partial charge is 0.262 e. The van der Waals surface area contributed by atoms with E-state index in [1.807, 2.05) is 24.5 Å². The molecule has 0 saturated carbocycles. The van der Waals surface area contributed by atoms with Gasteiger partial charge in [0.05, 0.1) is 23.9 Å². The first-order valence-electron chi connectivity index (χ1n) is 12.2. The average Bonchev–Trinajstić information content (AvgIpc) is 3.36. The molecular formula is C26H27N7O4S. The monoisotopic (exact) mass is 533 g/mol. The highest BCUT2D eigenvalue weighted by molar-refractivity contribution is 7.92. The maximum absolute atomic E-state index is 13.3. The Balaban J connectivity index is 1.44. The molecule has 7 rings (SSSR count). The van der Waals surface area contributed by atoms with Crippen LogP contribution in [0.3, 0.4) is 0 Å². The third-order valence-electron chi connectivity index (χ3n) is 6.66. The number of hydrogen-bond donors (Lipinski definition) is 3. The molecule has 1 aromatic carbocycles. The number of sulfonamides is 1. The highest BCUT2D eigenvalue weighted by atomic mass is 32.2. The van der Waals surface area contributed by atoms with Crippen molar-refractivity contribution in [3.05, 3.63) is 72.8 Å². The van der Waals surface area contributed by atoms with Gasteiger partial charge in [-0.05, 0) is 42.3 Å². The summed E-state index contributed by atoms with van der Waals surface area (Å²) < 4.78 is 36.6. The summed E-state index contributed by atoms with van der Waals surface area (Å²) >= 11 is 0. The van der Waals surface area contributed by atoms with Crippen LogP contribution < -0.4 is 25.3 Å². The number of ether oxygens (including phenoxy) is 1. The molecule has 196 valence electrons. The quantitative estimate of drug-likeness (QED) is 0.339. The van der Waals surface area contributed by atoms with Crippen molar-refractivity contribution in [3.63, 3.8) is 0 Å². The molecule has 0 fully saturated rings. The van der Waals surface area contributed by atoms with E-state index in [2.05, 4.69) is 41.1 Å². The van der Waals surface area contributed by atoms with Gasteiger partial charge in [-0.25, -0.2) is 23.8 Å². The highest BCUT2D eigenvalue weighted by Gasteiger charge is 2.20. The van der Waals surface area contributed by atoms with Crippen LogP contribution in [0.15, 0.2) is 72.0 Å². The standard InChI is InChI=1S/C26H27N7O4S/c1-36-26-23-13-20(15-28-26)19-5-6-25-27-16-24(33(25)17-19)18-7-10-32(11-8-18)12-9-29-31-37-21-3-2-4-22(14-21)38(34,35)30-23/h2-7,13-17,29-31H,8-12H2,1H3. The van der Waals surface area contributed by atoms with Gasteiger partial charge in [-0.2, -0.15) is 0 Å². The van der Waals surface area contributed by atoms with Gasteiger partial charge in [-0.3, -0.25) is 14.0 Å². The zero-order valence-corrected chi connectivity index (χ0v) is 21.5. The van der Waals surface area contributed by atoms with E-state index in [1.54, 1.807) is 24.4 Å². The first-order chi connectivity index (χ1) is 18.5. The van der Waals surface area contributed by atoms with E-state index in [0.717, 1.165) is 48.5 Å². The fourth-order valence-corrected chi connectivity index (χ4v) is 5.73. The first kappa shape index (κ1) is 24.4. The Labute approximate surface area is 220 Å². The number of hydrogen-bond acceptors (Lipinski definition) is 9. The minimum Gasteiger partial charge on any atom is -0.480 e. The second-order valence-electron chi connectivity index (χ2n) is 9.06. The lowest BCUT2D eigenvalue weighted by Crippen LogP contribution is -2.41. The van der Waals surface area contributed by atoms with Crippen molar-refractivity contribution in [2.75, 3.05) is 38.0 Å². The van der Waals surface area contributed by atoms with Crippen molar-refractivity contribution in [2.24, 2.45) is 0 Å². The number of pyridine rings is 2. The van der Waals surface area contributed by atoms with E-state index in [9.17, 15) is 8.42 Å². The lowest BCUT2D eigenvalue weighted by Gasteiger charge is -2.26. The minimum absolute atomic E-state index is 0.0373. The van der Waals surface area contributed by atoms with Crippen molar-refractivity contribution in [1.82, 2.24) is 30.3 Å². The van der Waals surface area contributed by atoms with Gasteiger partial charge in [0.2, 0.25) is 5.88 Å². The number of anilines is 1. The number of imidazole rings is 1. The molecule has 0 aliphatic carbocycles. The summed E-state index contributed by atoms with van der Waals surface area (Å²) in [6, 6.07) is 11.8. The Morgan fingerprint density at radius 1 is 1.05 bits per heavy atom. The summed E-state index contributed by atoms with van der Waals surface area (Å²) in [5.41, 5.74) is 10.7. The molecule has 4 aromatic rings. The normalized spacial score (nSPS) is 19.2. The van der Waals surface area contributed by atoms with Gasteiger partial charge in [-0.1, -0.05) is 17.7 Å². The van der Waals surface area contributed by atoms with Crippen molar-refractivity contribution >= 4 is 26.9 Å². The van der Waals surface area contributed by atoms with Gasteiger partial charge in [0, 0.05) is 55.8 Å². The zero-order chi connectivity index (χ0) is 26.1. The molecule has 8 bridgehead atoms. The van der Waals surface area contributed by atoms with E-state index in [0.29, 0.717) is 12.3 Å². The van der Waals surface area contributed by atoms with E-state index >= 15 is 0 Å². The molecular weight excluding hydrogens is 506 g/mol. The fraction of sp³-hybridized carbons (Fsp3) is 0.231. The molecule has 3 aliphatic rings. The van der Waals surface area contributed by atoms with Crippen LogP contribution in [0, 0.1) is 0 Å². The van der Waals surface area contributed by atoms with E-state index in [4.69, 9.17) is 9.57 Å². The molecule has 6 heterocycles. The molecule has 0 amide bonds. The predicted octanol–water partition coefficient (Wildman–Crippen LogP) is 2.70. The average molecular weight is 534 g/mol. The molecule has 3 N–H and O–H groups in total. The van der Waals surface area contributed by atoms with Gasteiger partial charge >= 0.3 is 0 Å². The summed E-state index contributed by atoms with van der Waals surface area (Å²) in [6.07, 6.45) is 8.73. The Hall–Kier alpha value is -3.97. The fourth-order valence-electron chi connectivity index (χ4n) is 4.65. The van der Waals surface area contributed by atoms with Crippen LogP contribution in [0.25, 0.3) is 22.3 Å². The van der Waals surface area contributed by atoms with Crippen molar-refractivity contribution in [2.45, 2.75) is 11.3 Å². The Morgan fingerprint density at radius 3 is 2.82 bits per heavy atom. The van der Waals surface area contributed by atoms with Crippen LogP contribution in [-0.4, -0.2) is 61.0 Å². The maximum atomic E-state index is 13.3. The molecule has 0 saturated heterocycles. The summed E-state index contributed by atoms with van der Waals surface area (Å²) in [7, 11) is -2.52. The van der Waals surface area contributed by atoms with E-state index in [-0.39, 0.29) is 16.5 Å². The first-order valence-corrected chi connectivity index (χ1v) is 13.7. The van der Waals surface area contributed by atoms with Crippen LogP contribution in [0.2, 0.25) is 0 Å². The Kier molecular flexibility index (Phi) is 6.45.